The molecule has 2 heterocycles. The van der Waals surface area contributed by atoms with Crippen molar-refractivity contribution in [1.29, 1.82) is 0 Å². The van der Waals surface area contributed by atoms with Gasteiger partial charge in [0.15, 0.2) is 0 Å². The highest BCUT2D eigenvalue weighted by Crippen LogP contribution is 2.31. The summed E-state index contributed by atoms with van der Waals surface area (Å²) in [4.78, 5) is 0. The SMILES string of the molecule is c1ccc(-c2ccc(-c3nnc(-c4ccc(-n5nc(-c6ccccc6)cc5-c5ccccc5)cc4)o3)cc2)cc1. The van der Waals surface area contributed by atoms with E-state index in [2.05, 4.69) is 64.8 Å². The average molecular weight is 517 g/mol. The first-order valence-corrected chi connectivity index (χ1v) is 13.1. The first-order chi connectivity index (χ1) is 19.8. The van der Waals surface area contributed by atoms with Crippen molar-refractivity contribution in [2.24, 2.45) is 0 Å². The van der Waals surface area contributed by atoms with Gasteiger partial charge in [-0.1, -0.05) is 103 Å². The molecule has 5 aromatic carbocycles. The molecule has 0 aliphatic heterocycles. The van der Waals surface area contributed by atoms with Crippen LogP contribution in [0.5, 0.6) is 0 Å². The Morgan fingerprint density at radius 3 is 1.45 bits per heavy atom. The highest BCUT2D eigenvalue weighted by Gasteiger charge is 2.15. The van der Waals surface area contributed by atoms with Gasteiger partial charge in [-0.25, -0.2) is 4.68 Å². The molecule has 0 fully saturated rings. The number of benzene rings is 5. The molecule has 0 radical (unpaired) electrons. The molecule has 0 saturated heterocycles. The summed E-state index contributed by atoms with van der Waals surface area (Å²) < 4.78 is 8.04. The van der Waals surface area contributed by atoms with Crippen LogP contribution in [-0.2, 0) is 0 Å². The highest BCUT2D eigenvalue weighted by molar-refractivity contribution is 5.71. The molecule has 0 saturated carbocycles. The zero-order valence-corrected chi connectivity index (χ0v) is 21.6. The first kappa shape index (κ1) is 23.6. The minimum atomic E-state index is 0.474. The van der Waals surface area contributed by atoms with Crippen molar-refractivity contribution < 1.29 is 4.42 Å². The lowest BCUT2D eigenvalue weighted by Gasteiger charge is -2.08. The monoisotopic (exact) mass is 516 g/mol. The first-order valence-electron chi connectivity index (χ1n) is 13.1. The lowest BCUT2D eigenvalue weighted by atomic mass is 10.0. The molecular weight excluding hydrogens is 492 g/mol. The molecule has 5 heteroatoms. The van der Waals surface area contributed by atoms with Crippen molar-refractivity contribution >= 4 is 0 Å². The van der Waals surface area contributed by atoms with Gasteiger partial charge in [0.05, 0.1) is 17.1 Å². The van der Waals surface area contributed by atoms with Crippen LogP contribution in [0.15, 0.2) is 150 Å². The van der Waals surface area contributed by atoms with E-state index < -0.39 is 0 Å². The van der Waals surface area contributed by atoms with Crippen LogP contribution >= 0.6 is 0 Å². The zero-order chi connectivity index (χ0) is 26.7. The number of aromatic nitrogens is 4. The summed E-state index contributed by atoms with van der Waals surface area (Å²) in [7, 11) is 0. The van der Waals surface area contributed by atoms with Gasteiger partial charge in [0.25, 0.3) is 0 Å². The smallest absolute Gasteiger partial charge is 0.248 e. The summed E-state index contributed by atoms with van der Waals surface area (Å²) in [6, 6.07) is 49.1. The molecule has 0 N–H and O–H groups in total. The van der Waals surface area contributed by atoms with E-state index in [9.17, 15) is 0 Å². The Balaban J connectivity index is 1.18. The van der Waals surface area contributed by atoms with E-state index in [0.717, 1.165) is 44.9 Å². The van der Waals surface area contributed by atoms with Crippen molar-refractivity contribution in [3.63, 3.8) is 0 Å². The van der Waals surface area contributed by atoms with Gasteiger partial charge in [-0.15, -0.1) is 10.2 Å². The molecule has 0 aliphatic rings. The van der Waals surface area contributed by atoms with Crippen LogP contribution in [-0.4, -0.2) is 20.0 Å². The van der Waals surface area contributed by atoms with Crippen LogP contribution in [0.2, 0.25) is 0 Å². The van der Waals surface area contributed by atoms with Crippen molar-refractivity contribution in [3.8, 4) is 62.2 Å². The van der Waals surface area contributed by atoms with Crippen LogP contribution in [0, 0.1) is 0 Å². The number of hydrogen-bond acceptors (Lipinski definition) is 4. The second-order valence-corrected chi connectivity index (χ2v) is 9.46. The molecule has 0 atom stereocenters. The van der Waals surface area contributed by atoms with Crippen LogP contribution < -0.4 is 0 Å². The number of nitrogens with zero attached hydrogens (tertiary/aromatic N) is 4. The van der Waals surface area contributed by atoms with E-state index in [1.165, 1.54) is 5.56 Å². The van der Waals surface area contributed by atoms with Gasteiger partial charge >= 0.3 is 0 Å². The molecule has 40 heavy (non-hydrogen) atoms. The third-order valence-corrected chi connectivity index (χ3v) is 6.87. The lowest BCUT2D eigenvalue weighted by Crippen LogP contribution is -1.99. The van der Waals surface area contributed by atoms with Gasteiger partial charge in [0.1, 0.15) is 0 Å². The summed E-state index contributed by atoms with van der Waals surface area (Å²) in [5.74, 6) is 0.965. The van der Waals surface area contributed by atoms with E-state index in [-0.39, 0.29) is 0 Å². The molecular formula is C35H24N4O. The van der Waals surface area contributed by atoms with Gasteiger partial charge in [0.2, 0.25) is 11.8 Å². The third kappa shape index (κ3) is 4.61. The highest BCUT2D eigenvalue weighted by atomic mass is 16.4. The van der Waals surface area contributed by atoms with Gasteiger partial charge < -0.3 is 4.42 Å². The van der Waals surface area contributed by atoms with E-state index in [1.807, 2.05) is 95.7 Å². The van der Waals surface area contributed by atoms with Crippen molar-refractivity contribution in [1.82, 2.24) is 20.0 Å². The maximum Gasteiger partial charge on any atom is 0.248 e. The number of rotatable bonds is 6. The third-order valence-electron chi connectivity index (χ3n) is 6.87. The molecule has 190 valence electrons. The normalized spacial score (nSPS) is 11.0. The quantitative estimate of drug-likeness (QED) is 0.222. The topological polar surface area (TPSA) is 56.7 Å². The Morgan fingerprint density at radius 2 is 0.875 bits per heavy atom. The minimum absolute atomic E-state index is 0.474. The van der Waals surface area contributed by atoms with Crippen LogP contribution in [0.25, 0.3) is 62.2 Å². The molecule has 7 rings (SSSR count). The fraction of sp³-hybridized carbons (Fsp3) is 0. The Hall–Kier alpha value is -5.55. The predicted molar refractivity (Wildman–Crippen MR) is 159 cm³/mol. The summed E-state index contributed by atoms with van der Waals surface area (Å²) in [5.41, 5.74) is 9.10. The van der Waals surface area contributed by atoms with Crippen molar-refractivity contribution in [2.45, 2.75) is 0 Å². The molecule has 5 nitrogen and oxygen atoms in total. The molecule has 0 spiro atoms. The van der Waals surface area contributed by atoms with Crippen molar-refractivity contribution in [3.05, 3.63) is 146 Å². The van der Waals surface area contributed by atoms with Crippen LogP contribution in [0.1, 0.15) is 0 Å². The molecule has 2 aromatic heterocycles. The predicted octanol–water partition coefficient (Wildman–Crippen LogP) is 8.59. The van der Waals surface area contributed by atoms with Crippen LogP contribution in [0.3, 0.4) is 0 Å². The van der Waals surface area contributed by atoms with Gasteiger partial charge in [-0.2, -0.15) is 5.10 Å². The fourth-order valence-corrected chi connectivity index (χ4v) is 4.78. The lowest BCUT2D eigenvalue weighted by molar-refractivity contribution is 0.584. The standard InChI is InChI=1S/C35H24N4O/c1-4-10-25(11-5-1)26-16-18-29(19-17-26)34-36-37-35(40-34)30-20-22-31(23-21-30)39-33(28-14-8-3-9-15-28)24-32(38-39)27-12-6-2-7-13-27/h1-24H. The summed E-state index contributed by atoms with van der Waals surface area (Å²) in [5, 5.41) is 13.6. The molecule has 0 amide bonds. The molecule has 0 bridgehead atoms. The summed E-state index contributed by atoms with van der Waals surface area (Å²) in [6.45, 7) is 0. The van der Waals surface area contributed by atoms with Gasteiger partial charge in [-0.3, -0.25) is 0 Å². The molecule has 7 aromatic rings. The largest absolute Gasteiger partial charge is 0.416 e. The molecule has 0 unspecified atom stereocenters. The summed E-state index contributed by atoms with van der Waals surface area (Å²) >= 11 is 0. The number of hydrogen-bond donors (Lipinski definition) is 0. The Kier molecular flexibility index (Phi) is 6.07. The maximum absolute atomic E-state index is 6.06. The fourth-order valence-electron chi connectivity index (χ4n) is 4.78. The minimum Gasteiger partial charge on any atom is -0.416 e. The second kappa shape index (κ2) is 10.3. The van der Waals surface area contributed by atoms with E-state index >= 15 is 0 Å². The van der Waals surface area contributed by atoms with E-state index in [4.69, 9.17) is 9.52 Å². The summed E-state index contributed by atoms with van der Waals surface area (Å²) in [6.07, 6.45) is 0. The Morgan fingerprint density at radius 1 is 0.425 bits per heavy atom. The Labute approximate surface area is 232 Å². The Bertz CT molecular complexity index is 1860. The zero-order valence-electron chi connectivity index (χ0n) is 21.6. The van der Waals surface area contributed by atoms with E-state index in [1.54, 1.807) is 0 Å². The van der Waals surface area contributed by atoms with Crippen molar-refractivity contribution in [2.75, 3.05) is 0 Å². The second-order valence-electron chi connectivity index (χ2n) is 9.46. The maximum atomic E-state index is 6.06. The van der Waals surface area contributed by atoms with Crippen LogP contribution in [0.4, 0.5) is 0 Å². The van der Waals surface area contributed by atoms with Gasteiger partial charge in [-0.05, 0) is 53.6 Å². The average Bonchev–Trinajstić information content (AvgIpc) is 3.72. The van der Waals surface area contributed by atoms with E-state index in [0.29, 0.717) is 11.8 Å². The molecule has 0 aliphatic carbocycles. The van der Waals surface area contributed by atoms with Gasteiger partial charge in [0, 0.05) is 22.3 Å².